The Morgan fingerprint density at radius 1 is 1.12 bits per heavy atom. The number of imidazole rings is 1. The first-order valence-corrected chi connectivity index (χ1v) is 18.0. The summed E-state index contributed by atoms with van der Waals surface area (Å²) in [6.45, 7) is 5.40. The first-order chi connectivity index (χ1) is 24.1. The summed E-state index contributed by atoms with van der Waals surface area (Å²) in [4.78, 5) is 30.2. The van der Waals surface area contributed by atoms with Crippen molar-refractivity contribution in [2.45, 2.75) is 74.2 Å². The molecule has 8 N–H and O–H groups in total. The number of aliphatic hydroxyl groups excluding tert-OH is 2. The Morgan fingerprint density at radius 3 is 2.64 bits per heavy atom. The third-order valence-corrected chi connectivity index (χ3v) is 10.0. The number of aryl methyl sites for hydroxylation is 1. The van der Waals surface area contributed by atoms with Gasteiger partial charge in [-0.25, -0.2) is 23.3 Å². The van der Waals surface area contributed by atoms with E-state index in [1.165, 1.54) is 23.3 Å². The van der Waals surface area contributed by atoms with Gasteiger partial charge in [0, 0.05) is 38.3 Å². The number of nitrogens with two attached hydrogens (primary N) is 1. The van der Waals surface area contributed by atoms with Crippen molar-refractivity contribution in [3.8, 4) is 0 Å². The van der Waals surface area contributed by atoms with E-state index in [2.05, 4.69) is 41.7 Å². The largest absolute Gasteiger partial charge is 0.387 e. The fourth-order valence-corrected chi connectivity index (χ4v) is 6.90. The molecular weight excluding hydrogens is 672 g/mol. The topological polar surface area (TPSA) is 265 Å². The lowest BCUT2D eigenvalue weighted by Crippen LogP contribution is -2.47. The van der Waals surface area contributed by atoms with Crippen molar-refractivity contribution in [1.82, 2.24) is 55.7 Å². The van der Waals surface area contributed by atoms with Crippen molar-refractivity contribution in [1.29, 1.82) is 0 Å². The van der Waals surface area contributed by atoms with Gasteiger partial charge in [0.15, 0.2) is 29.3 Å². The molecule has 3 fully saturated rings. The highest BCUT2D eigenvalue weighted by atomic mass is 32.2. The number of tetrazole rings is 1. The summed E-state index contributed by atoms with van der Waals surface area (Å²) in [6, 6.07) is 6.06. The molecule has 3 aromatic heterocycles. The maximum absolute atomic E-state index is 12.7. The number of hydrogen-bond acceptors (Lipinski definition) is 15. The maximum Gasteiger partial charge on any atom is 0.315 e. The summed E-state index contributed by atoms with van der Waals surface area (Å²) >= 11 is 0. The molecule has 6 heterocycles. The number of carbonyl (C=O) groups excluding carboxylic acids is 1. The van der Waals surface area contributed by atoms with Gasteiger partial charge in [-0.3, -0.25) is 4.57 Å². The smallest absolute Gasteiger partial charge is 0.315 e. The number of ether oxygens (including phenoxy) is 1. The van der Waals surface area contributed by atoms with Gasteiger partial charge in [-0.15, -0.1) is 10.2 Å². The van der Waals surface area contributed by atoms with Gasteiger partial charge in [-0.2, -0.15) is 14.8 Å². The van der Waals surface area contributed by atoms with Crippen molar-refractivity contribution >= 4 is 39.0 Å². The first kappa shape index (κ1) is 33.9. The lowest BCUT2D eigenvalue weighted by molar-refractivity contribution is -0.0384. The van der Waals surface area contributed by atoms with Gasteiger partial charge < -0.3 is 41.1 Å². The Bertz CT molecular complexity index is 1930. The van der Waals surface area contributed by atoms with E-state index in [-0.39, 0.29) is 28.8 Å². The number of nitrogens with one attached hydrogen (secondary N) is 4. The number of anilines is 2. The van der Waals surface area contributed by atoms with Gasteiger partial charge in [0.2, 0.25) is 21.8 Å². The molecule has 1 aromatic carbocycles. The molecule has 21 heteroatoms. The van der Waals surface area contributed by atoms with Crippen LogP contribution < -0.4 is 31.3 Å². The Kier molecular flexibility index (Phi) is 9.50. The molecule has 50 heavy (non-hydrogen) atoms. The van der Waals surface area contributed by atoms with E-state index in [0.29, 0.717) is 62.0 Å². The lowest BCUT2D eigenvalue weighted by Gasteiger charge is -2.20. The number of carbonyl (C=O) groups is 1. The van der Waals surface area contributed by atoms with Crippen LogP contribution in [0.4, 0.5) is 16.6 Å². The molecule has 7 rings (SSSR count). The molecule has 0 bridgehead atoms. The summed E-state index contributed by atoms with van der Waals surface area (Å²) < 4.78 is 31.0. The number of urea groups is 1. The molecule has 0 aliphatic carbocycles. The average Bonchev–Trinajstić information content (AvgIpc) is 3.94. The molecule has 0 radical (unpaired) electrons. The van der Waals surface area contributed by atoms with Gasteiger partial charge in [-0.1, -0.05) is 12.1 Å². The molecule has 3 aliphatic heterocycles. The number of amides is 2. The molecule has 268 valence electrons. The van der Waals surface area contributed by atoms with E-state index in [1.54, 1.807) is 16.7 Å². The summed E-state index contributed by atoms with van der Waals surface area (Å²) in [5, 5.41) is 52.1. The van der Waals surface area contributed by atoms with Crippen LogP contribution >= 0.6 is 0 Å². The Hall–Kier alpha value is -4.54. The number of aromatic nitrogens is 8. The quantitative estimate of drug-likeness (QED) is 0.0920. The predicted molar refractivity (Wildman–Crippen MR) is 177 cm³/mol. The summed E-state index contributed by atoms with van der Waals surface area (Å²) in [6.07, 6.45) is -1.27. The van der Waals surface area contributed by atoms with E-state index < -0.39 is 34.6 Å². The van der Waals surface area contributed by atoms with E-state index in [9.17, 15) is 23.4 Å². The summed E-state index contributed by atoms with van der Waals surface area (Å²) in [7, 11) is -3.80. The number of aliphatic hydroxyl groups is 2. The van der Waals surface area contributed by atoms with Crippen molar-refractivity contribution < 1.29 is 28.2 Å². The normalized spacial score (nSPS) is 25.4. The molecule has 3 saturated heterocycles. The number of hydrogen-bond donors (Lipinski definition) is 7. The van der Waals surface area contributed by atoms with Gasteiger partial charge >= 0.3 is 6.03 Å². The third kappa shape index (κ3) is 7.04. The van der Waals surface area contributed by atoms with Gasteiger partial charge in [0.1, 0.15) is 12.2 Å². The van der Waals surface area contributed by atoms with E-state index in [0.717, 1.165) is 25.1 Å². The number of primary sulfonamides is 1. The standard InChI is InChI=1S/C29H40N14O6S/c1-2-43-39-25(38-40-43)23-21(44)22(45)27(49-23)42-15-33-20-24(32-11-7-16-3-5-19(6-4-16)50(30,47)48)36-28(37-26(20)42)41-12-9-18(14-41)35-29(46)34-17-8-10-31-13-17/h3-6,15,17-18,21-23,27,31,44-45H,2,7-14H2,1H3,(H2,30,47,48)(H,32,36,37)(H2,34,35,46)/t17-,18-,21+,22-,23+,27-/m1/s1. The number of benzene rings is 1. The second kappa shape index (κ2) is 14.0. The minimum atomic E-state index is -3.80. The Morgan fingerprint density at radius 2 is 1.92 bits per heavy atom. The fraction of sp³-hybridized carbons (Fsp3) is 0.552. The van der Waals surface area contributed by atoms with Crippen LogP contribution in [0.2, 0.25) is 0 Å². The van der Waals surface area contributed by atoms with Gasteiger partial charge in [-0.05, 0) is 55.6 Å². The fourth-order valence-electron chi connectivity index (χ4n) is 6.38. The number of fused-ring (bicyclic) bond motifs is 1. The Balaban J connectivity index is 1.13. The minimum Gasteiger partial charge on any atom is -0.387 e. The molecule has 0 spiro atoms. The zero-order chi connectivity index (χ0) is 35.0. The molecule has 4 aromatic rings. The van der Waals surface area contributed by atoms with Gasteiger partial charge in [0.05, 0.1) is 17.8 Å². The number of nitrogens with zero attached hydrogens (tertiary/aromatic N) is 9. The van der Waals surface area contributed by atoms with Crippen LogP contribution in [-0.4, -0.2) is 121 Å². The minimum absolute atomic E-state index is 0.0303. The monoisotopic (exact) mass is 712 g/mol. The average molecular weight is 713 g/mol. The van der Waals surface area contributed by atoms with Gasteiger partial charge in [0.25, 0.3) is 0 Å². The lowest BCUT2D eigenvalue weighted by atomic mass is 10.1. The molecule has 0 unspecified atom stereocenters. The zero-order valence-electron chi connectivity index (χ0n) is 27.3. The Labute approximate surface area is 286 Å². The molecule has 3 aliphatic rings. The predicted octanol–water partition coefficient (Wildman–Crippen LogP) is -1.63. The molecule has 2 amide bonds. The van der Waals surface area contributed by atoms with E-state index >= 15 is 0 Å². The summed E-state index contributed by atoms with van der Waals surface area (Å²) in [5.41, 5.74) is 1.62. The third-order valence-electron chi connectivity index (χ3n) is 9.09. The summed E-state index contributed by atoms with van der Waals surface area (Å²) in [5.74, 6) is 0.940. The second-order valence-electron chi connectivity index (χ2n) is 12.6. The molecular formula is C29H40N14O6S. The van der Waals surface area contributed by atoms with Crippen LogP contribution in [0.15, 0.2) is 35.5 Å². The van der Waals surface area contributed by atoms with Crippen molar-refractivity contribution in [3.63, 3.8) is 0 Å². The molecule has 20 nitrogen and oxygen atoms in total. The van der Waals surface area contributed by atoms with Crippen molar-refractivity contribution in [2.24, 2.45) is 5.14 Å². The second-order valence-corrected chi connectivity index (χ2v) is 14.1. The van der Waals surface area contributed by atoms with Crippen LogP contribution in [0.3, 0.4) is 0 Å². The highest BCUT2D eigenvalue weighted by Crippen LogP contribution is 2.39. The van der Waals surface area contributed by atoms with Crippen LogP contribution in [0, 0.1) is 0 Å². The van der Waals surface area contributed by atoms with Crippen LogP contribution in [0.25, 0.3) is 11.2 Å². The maximum atomic E-state index is 12.7. The van der Waals surface area contributed by atoms with Crippen molar-refractivity contribution in [3.05, 3.63) is 42.0 Å². The zero-order valence-corrected chi connectivity index (χ0v) is 28.1. The molecule has 0 saturated carbocycles. The van der Waals surface area contributed by atoms with Crippen LogP contribution in [0.5, 0.6) is 0 Å². The first-order valence-electron chi connectivity index (χ1n) is 16.5. The van der Waals surface area contributed by atoms with Crippen molar-refractivity contribution in [2.75, 3.05) is 42.9 Å². The van der Waals surface area contributed by atoms with Crippen LogP contribution in [-0.2, 0) is 27.7 Å². The van der Waals surface area contributed by atoms with Crippen LogP contribution in [0.1, 0.15) is 43.5 Å². The SMILES string of the molecule is CCn1nnc([C@H]2O[C@@H](n3cnc4c(NCCc5ccc(S(N)(=O)=O)cc5)nc(N5CC[C@@H](NC(=O)N[C@@H]6CCNC6)C5)nc43)[C@H](O)[C@@H]2O)n1. The molecule has 6 atom stereocenters. The number of sulfonamides is 1. The van der Waals surface area contributed by atoms with E-state index in [4.69, 9.17) is 19.8 Å². The van der Waals surface area contributed by atoms with E-state index in [1.807, 2.05) is 11.8 Å². The highest BCUT2D eigenvalue weighted by Gasteiger charge is 2.47. The number of rotatable bonds is 11. The highest BCUT2D eigenvalue weighted by molar-refractivity contribution is 7.89.